The molecule has 4 rings (SSSR count). The Morgan fingerprint density at radius 2 is 2.03 bits per heavy atom. The molecule has 0 spiro atoms. The number of carbonyl (C=O) groups excluding carboxylic acids is 2. The van der Waals surface area contributed by atoms with Crippen LogP contribution in [0.5, 0.6) is 0 Å². The van der Waals surface area contributed by atoms with Crippen LogP contribution in [0.2, 0.25) is 5.02 Å². The van der Waals surface area contributed by atoms with Crippen molar-refractivity contribution in [1.29, 1.82) is 0 Å². The molecule has 0 radical (unpaired) electrons. The predicted molar refractivity (Wildman–Crippen MR) is 114 cm³/mol. The van der Waals surface area contributed by atoms with Crippen molar-refractivity contribution in [2.24, 2.45) is 10.9 Å². The SMILES string of the molecule is O=C(CC1C=Nc2cc(N3CCNCC3)c(Cl)cc2C1=O)C[C@@H]1NCCC[C@H]1O. The zero-order chi connectivity index (χ0) is 20.4. The van der Waals surface area contributed by atoms with Gasteiger partial charge in [0, 0.05) is 56.8 Å². The molecule has 3 atom stereocenters. The van der Waals surface area contributed by atoms with Gasteiger partial charge in [-0.3, -0.25) is 14.6 Å². The highest BCUT2D eigenvalue weighted by Crippen LogP contribution is 2.37. The van der Waals surface area contributed by atoms with Gasteiger partial charge in [-0.25, -0.2) is 0 Å². The number of hydrogen-bond donors (Lipinski definition) is 3. The second-order valence-electron chi connectivity index (χ2n) is 8.02. The largest absolute Gasteiger partial charge is 0.391 e. The number of carbonyl (C=O) groups is 2. The summed E-state index contributed by atoms with van der Waals surface area (Å²) in [5, 5.41) is 17.1. The highest BCUT2D eigenvalue weighted by molar-refractivity contribution is 6.34. The van der Waals surface area contributed by atoms with Gasteiger partial charge in [-0.15, -0.1) is 0 Å². The Morgan fingerprint density at radius 3 is 2.79 bits per heavy atom. The van der Waals surface area contributed by atoms with Gasteiger partial charge in [0.1, 0.15) is 5.78 Å². The van der Waals surface area contributed by atoms with Crippen LogP contribution in [0.1, 0.15) is 36.0 Å². The summed E-state index contributed by atoms with van der Waals surface area (Å²) in [6, 6.07) is 3.34. The predicted octanol–water partition coefficient (Wildman–Crippen LogP) is 1.73. The minimum atomic E-state index is -0.572. The van der Waals surface area contributed by atoms with Crippen LogP contribution < -0.4 is 15.5 Å². The number of aliphatic hydroxyl groups excluding tert-OH is 1. The van der Waals surface area contributed by atoms with Crippen molar-refractivity contribution in [1.82, 2.24) is 10.6 Å². The third-order valence-corrected chi connectivity index (χ3v) is 6.26. The first-order valence-corrected chi connectivity index (χ1v) is 10.7. The van der Waals surface area contributed by atoms with Crippen LogP contribution in [-0.4, -0.2) is 67.8 Å². The minimum absolute atomic E-state index is 0.0415. The van der Waals surface area contributed by atoms with Gasteiger partial charge < -0.3 is 20.6 Å². The molecule has 1 aromatic rings. The maximum atomic E-state index is 13.0. The Bertz CT molecular complexity index is 822. The quantitative estimate of drug-likeness (QED) is 0.674. The van der Waals surface area contributed by atoms with Crippen molar-refractivity contribution in [3.8, 4) is 0 Å². The number of piperazine rings is 1. The van der Waals surface area contributed by atoms with Crippen LogP contribution >= 0.6 is 11.6 Å². The van der Waals surface area contributed by atoms with Gasteiger partial charge in [-0.2, -0.15) is 0 Å². The van der Waals surface area contributed by atoms with E-state index in [0.29, 0.717) is 22.7 Å². The summed E-state index contributed by atoms with van der Waals surface area (Å²) in [5.74, 6) is -0.730. The maximum Gasteiger partial charge on any atom is 0.173 e. The highest BCUT2D eigenvalue weighted by Gasteiger charge is 2.31. The topological polar surface area (TPSA) is 94.0 Å². The lowest BCUT2D eigenvalue weighted by Crippen LogP contribution is -2.46. The van der Waals surface area contributed by atoms with Crippen LogP contribution in [-0.2, 0) is 4.79 Å². The molecule has 3 N–H and O–H groups in total. The number of anilines is 1. The zero-order valence-electron chi connectivity index (χ0n) is 16.4. The van der Waals surface area contributed by atoms with E-state index in [9.17, 15) is 14.7 Å². The maximum absolute atomic E-state index is 13.0. The molecule has 0 amide bonds. The average molecular weight is 419 g/mol. The van der Waals surface area contributed by atoms with Crippen LogP contribution in [0.15, 0.2) is 17.1 Å². The van der Waals surface area contributed by atoms with Gasteiger partial charge in [0.05, 0.1) is 28.4 Å². The van der Waals surface area contributed by atoms with E-state index in [4.69, 9.17) is 11.6 Å². The summed E-state index contributed by atoms with van der Waals surface area (Å²) in [7, 11) is 0. The van der Waals surface area contributed by atoms with E-state index < -0.39 is 12.0 Å². The monoisotopic (exact) mass is 418 g/mol. The number of fused-ring (bicyclic) bond motifs is 1. The lowest BCUT2D eigenvalue weighted by Gasteiger charge is -2.31. The van der Waals surface area contributed by atoms with E-state index in [2.05, 4.69) is 20.5 Å². The second kappa shape index (κ2) is 8.92. The minimum Gasteiger partial charge on any atom is -0.391 e. The molecule has 29 heavy (non-hydrogen) atoms. The second-order valence-corrected chi connectivity index (χ2v) is 8.43. The molecule has 3 aliphatic rings. The average Bonchev–Trinajstić information content (AvgIpc) is 2.72. The highest BCUT2D eigenvalue weighted by atomic mass is 35.5. The lowest BCUT2D eigenvalue weighted by molar-refractivity contribution is -0.120. The molecule has 156 valence electrons. The first-order chi connectivity index (χ1) is 14.0. The van der Waals surface area contributed by atoms with E-state index >= 15 is 0 Å². The molecule has 0 aliphatic carbocycles. The summed E-state index contributed by atoms with van der Waals surface area (Å²) in [5.41, 5.74) is 1.98. The summed E-state index contributed by atoms with van der Waals surface area (Å²) in [4.78, 5) is 32.1. The Kier molecular flexibility index (Phi) is 6.29. The molecule has 7 nitrogen and oxygen atoms in total. The number of nitrogens with zero attached hydrogens (tertiary/aromatic N) is 2. The summed E-state index contributed by atoms with van der Waals surface area (Å²) in [6.07, 6.45) is 3.02. The summed E-state index contributed by atoms with van der Waals surface area (Å²) < 4.78 is 0. The Morgan fingerprint density at radius 1 is 1.24 bits per heavy atom. The van der Waals surface area contributed by atoms with Crippen molar-refractivity contribution in [2.45, 2.75) is 37.8 Å². The number of nitrogens with one attached hydrogen (secondary N) is 2. The Labute approximate surface area is 175 Å². The standard InChI is InChI=1S/C21H27ClN4O3/c22-16-10-15-17(11-19(16)26-6-4-23-5-7-26)25-12-13(21(15)29)8-14(27)9-18-20(28)2-1-3-24-18/h10-13,18,20,23-24,28H,1-9H2/t13?,18-,20+/m0/s1. The number of halogens is 1. The summed E-state index contributed by atoms with van der Waals surface area (Å²) in [6.45, 7) is 4.30. The molecule has 1 aromatic carbocycles. The van der Waals surface area contributed by atoms with Crippen molar-refractivity contribution >= 4 is 40.8 Å². The van der Waals surface area contributed by atoms with Crippen LogP contribution in [0.25, 0.3) is 0 Å². The van der Waals surface area contributed by atoms with E-state index in [1.165, 1.54) is 0 Å². The first-order valence-electron chi connectivity index (χ1n) is 10.3. The molecular formula is C21H27ClN4O3. The normalized spacial score (nSPS) is 27.0. The van der Waals surface area contributed by atoms with E-state index in [-0.39, 0.29) is 30.4 Å². The van der Waals surface area contributed by atoms with Gasteiger partial charge >= 0.3 is 0 Å². The van der Waals surface area contributed by atoms with E-state index in [1.807, 2.05) is 6.07 Å². The third kappa shape index (κ3) is 4.53. The van der Waals surface area contributed by atoms with Gasteiger partial charge in [-0.05, 0) is 31.5 Å². The smallest absolute Gasteiger partial charge is 0.173 e. The van der Waals surface area contributed by atoms with Gasteiger partial charge in [0.25, 0.3) is 0 Å². The number of rotatable bonds is 5. The van der Waals surface area contributed by atoms with Crippen LogP contribution in [0.4, 0.5) is 11.4 Å². The summed E-state index contributed by atoms with van der Waals surface area (Å²) >= 11 is 6.49. The number of piperidine rings is 1. The molecule has 0 bridgehead atoms. The van der Waals surface area contributed by atoms with Crippen LogP contribution in [0.3, 0.4) is 0 Å². The molecule has 3 aliphatic heterocycles. The van der Waals surface area contributed by atoms with Crippen molar-refractivity contribution < 1.29 is 14.7 Å². The molecular weight excluding hydrogens is 392 g/mol. The van der Waals surface area contributed by atoms with Gasteiger partial charge in [0.2, 0.25) is 0 Å². The fourth-order valence-electron chi connectivity index (χ4n) is 4.30. The zero-order valence-corrected chi connectivity index (χ0v) is 17.1. The lowest BCUT2D eigenvalue weighted by atomic mass is 9.88. The Hall–Kier alpha value is -1.80. The molecule has 0 saturated carbocycles. The third-order valence-electron chi connectivity index (χ3n) is 5.96. The molecule has 8 heteroatoms. The fourth-order valence-corrected chi connectivity index (χ4v) is 4.59. The number of ketones is 2. The number of benzene rings is 1. The van der Waals surface area contributed by atoms with Crippen LogP contribution in [0, 0.1) is 5.92 Å². The fraction of sp³-hybridized carbons (Fsp3) is 0.571. The number of Topliss-reactive ketones (excluding diaryl/α,β-unsaturated/α-hetero) is 2. The van der Waals surface area contributed by atoms with Gasteiger partial charge in [-0.1, -0.05) is 11.6 Å². The van der Waals surface area contributed by atoms with Crippen molar-refractivity contribution in [2.75, 3.05) is 37.6 Å². The van der Waals surface area contributed by atoms with Gasteiger partial charge in [0.15, 0.2) is 5.78 Å². The number of aliphatic hydroxyl groups is 1. The molecule has 3 heterocycles. The number of aliphatic imine (C=N–C) groups is 1. The molecule has 2 saturated heterocycles. The van der Waals surface area contributed by atoms with E-state index in [0.717, 1.165) is 44.8 Å². The Balaban J connectivity index is 1.45. The van der Waals surface area contributed by atoms with Crippen molar-refractivity contribution in [3.05, 3.63) is 22.7 Å². The first kappa shape index (κ1) is 20.5. The molecule has 0 aromatic heterocycles. The van der Waals surface area contributed by atoms with Crippen molar-refractivity contribution in [3.63, 3.8) is 0 Å². The number of hydrogen-bond acceptors (Lipinski definition) is 7. The molecule has 2 fully saturated rings. The molecule has 1 unspecified atom stereocenters. The van der Waals surface area contributed by atoms with E-state index in [1.54, 1.807) is 12.3 Å².